The summed E-state index contributed by atoms with van der Waals surface area (Å²) in [6.45, 7) is 0. The van der Waals surface area contributed by atoms with Gasteiger partial charge in [0.05, 0.1) is 0 Å². The summed E-state index contributed by atoms with van der Waals surface area (Å²) in [5.74, 6) is 0.236. The molecule has 1 aliphatic rings. The molecule has 104 valence electrons. The quantitative estimate of drug-likeness (QED) is 0.728. The minimum atomic E-state index is -0.323. The van der Waals surface area contributed by atoms with Gasteiger partial charge in [-0.3, -0.25) is 20.4 Å². The van der Waals surface area contributed by atoms with E-state index in [1.165, 1.54) is 32.1 Å². The molecule has 0 atom stereocenters. The first-order valence-electron chi connectivity index (χ1n) is 6.98. The average Bonchev–Trinajstić information content (AvgIpc) is 2.98. The fraction of sp³-hybridized carbons (Fsp3) is 0.571. The summed E-state index contributed by atoms with van der Waals surface area (Å²) in [5.41, 5.74) is 5.29. The molecule has 2 rings (SSSR count). The molecule has 1 heterocycles. The average molecular weight is 263 g/mol. The minimum Gasteiger partial charge on any atom is -0.357 e. The van der Waals surface area contributed by atoms with Crippen LogP contribution >= 0.6 is 0 Å². The summed E-state index contributed by atoms with van der Waals surface area (Å²) in [7, 11) is 0. The van der Waals surface area contributed by atoms with Gasteiger partial charge in [0.2, 0.25) is 5.91 Å². The molecule has 0 unspecified atom stereocenters. The largest absolute Gasteiger partial charge is 0.357 e. The second-order valence-corrected chi connectivity index (χ2v) is 5.13. The number of aromatic nitrogens is 1. The molecule has 0 radical (unpaired) electrons. The van der Waals surface area contributed by atoms with E-state index in [-0.39, 0.29) is 11.8 Å². The maximum Gasteiger partial charge on any atom is 0.286 e. The van der Waals surface area contributed by atoms with E-state index in [1.807, 2.05) is 0 Å². The second kappa shape index (κ2) is 6.97. The van der Waals surface area contributed by atoms with Crippen LogP contribution in [0.1, 0.15) is 55.4 Å². The summed E-state index contributed by atoms with van der Waals surface area (Å²) in [5, 5.41) is 0. The van der Waals surface area contributed by atoms with Gasteiger partial charge in [0.1, 0.15) is 5.69 Å². The first kappa shape index (κ1) is 13.6. The van der Waals surface area contributed by atoms with Gasteiger partial charge in [-0.15, -0.1) is 0 Å². The third kappa shape index (κ3) is 4.43. The van der Waals surface area contributed by atoms with Crippen molar-refractivity contribution in [1.29, 1.82) is 0 Å². The first-order chi connectivity index (χ1) is 9.25. The van der Waals surface area contributed by atoms with E-state index >= 15 is 0 Å². The summed E-state index contributed by atoms with van der Waals surface area (Å²) >= 11 is 0. The molecule has 0 aromatic carbocycles. The molecule has 5 nitrogen and oxygen atoms in total. The Kier molecular flexibility index (Phi) is 5.01. The van der Waals surface area contributed by atoms with Gasteiger partial charge in [0.15, 0.2) is 0 Å². The van der Waals surface area contributed by atoms with E-state index < -0.39 is 0 Å². The van der Waals surface area contributed by atoms with Gasteiger partial charge >= 0.3 is 0 Å². The lowest BCUT2D eigenvalue weighted by Crippen LogP contribution is -2.41. The van der Waals surface area contributed by atoms with Crippen molar-refractivity contribution in [1.82, 2.24) is 15.8 Å². The van der Waals surface area contributed by atoms with Crippen molar-refractivity contribution in [2.45, 2.75) is 44.9 Å². The molecule has 1 aliphatic carbocycles. The fourth-order valence-corrected chi connectivity index (χ4v) is 2.54. The molecule has 19 heavy (non-hydrogen) atoms. The van der Waals surface area contributed by atoms with Gasteiger partial charge < -0.3 is 4.98 Å². The lowest BCUT2D eigenvalue weighted by molar-refractivity contribution is -0.122. The molecule has 3 N–H and O–H groups in total. The molecule has 1 aromatic rings. The zero-order valence-corrected chi connectivity index (χ0v) is 11.1. The molecule has 0 aliphatic heterocycles. The van der Waals surface area contributed by atoms with Crippen molar-refractivity contribution < 1.29 is 9.59 Å². The lowest BCUT2D eigenvalue weighted by Gasteiger charge is -2.20. The zero-order valence-electron chi connectivity index (χ0n) is 11.1. The third-order valence-electron chi connectivity index (χ3n) is 3.66. The number of carbonyl (C=O) groups excluding carboxylic acids is 2. The molecule has 0 bridgehead atoms. The van der Waals surface area contributed by atoms with Gasteiger partial charge in [-0.1, -0.05) is 32.1 Å². The maximum absolute atomic E-state index is 11.6. The summed E-state index contributed by atoms with van der Waals surface area (Å²) in [6.07, 6.45) is 9.45. The number of amides is 2. The maximum atomic E-state index is 11.6. The number of hydrogen-bond donors (Lipinski definition) is 3. The Bertz CT molecular complexity index is 408. The van der Waals surface area contributed by atoms with E-state index in [1.54, 1.807) is 18.3 Å². The first-order valence-corrected chi connectivity index (χ1v) is 6.98. The van der Waals surface area contributed by atoms with Crippen LogP contribution < -0.4 is 10.9 Å². The van der Waals surface area contributed by atoms with E-state index in [2.05, 4.69) is 15.8 Å². The predicted molar refractivity (Wildman–Crippen MR) is 72.2 cm³/mol. The molecule has 2 amide bonds. The fourth-order valence-electron chi connectivity index (χ4n) is 2.54. The SMILES string of the molecule is O=C(CCC1CCCCC1)NNC(=O)c1ccc[nH]1. The molecule has 0 spiro atoms. The topological polar surface area (TPSA) is 74.0 Å². The standard InChI is InChI=1S/C14H21N3O2/c18-13(9-8-11-5-2-1-3-6-11)16-17-14(19)12-7-4-10-15-12/h4,7,10-11,15H,1-3,5-6,8-9H2,(H,16,18)(H,17,19). The molecule has 5 heteroatoms. The number of nitrogens with one attached hydrogen (secondary N) is 3. The second-order valence-electron chi connectivity index (χ2n) is 5.13. The van der Waals surface area contributed by atoms with Crippen LogP contribution in [0.2, 0.25) is 0 Å². The lowest BCUT2D eigenvalue weighted by atomic mass is 9.86. The Morgan fingerprint density at radius 2 is 2.00 bits per heavy atom. The van der Waals surface area contributed by atoms with Crippen molar-refractivity contribution in [3.8, 4) is 0 Å². The van der Waals surface area contributed by atoms with Crippen LogP contribution in [0.15, 0.2) is 18.3 Å². The highest BCUT2D eigenvalue weighted by atomic mass is 16.2. The Hall–Kier alpha value is -1.78. The van der Waals surface area contributed by atoms with Crippen LogP contribution in [0.3, 0.4) is 0 Å². The Labute approximate surface area is 113 Å². The summed E-state index contributed by atoms with van der Waals surface area (Å²) in [4.78, 5) is 26.0. The number of carbonyl (C=O) groups is 2. The van der Waals surface area contributed by atoms with Crippen molar-refractivity contribution in [3.63, 3.8) is 0 Å². The van der Waals surface area contributed by atoms with E-state index in [0.29, 0.717) is 18.0 Å². The number of aromatic amines is 1. The van der Waals surface area contributed by atoms with Gasteiger partial charge in [-0.05, 0) is 24.5 Å². The summed E-state index contributed by atoms with van der Waals surface area (Å²) in [6, 6.07) is 3.39. The summed E-state index contributed by atoms with van der Waals surface area (Å²) < 4.78 is 0. The number of rotatable bonds is 4. The van der Waals surface area contributed by atoms with Crippen LogP contribution in [-0.2, 0) is 4.79 Å². The predicted octanol–water partition coefficient (Wildman–Crippen LogP) is 2.14. The Balaban J connectivity index is 1.63. The van der Waals surface area contributed by atoms with Crippen LogP contribution in [0.4, 0.5) is 0 Å². The van der Waals surface area contributed by atoms with Crippen LogP contribution in [0.5, 0.6) is 0 Å². The molecule has 1 aromatic heterocycles. The smallest absolute Gasteiger partial charge is 0.286 e. The number of H-pyrrole nitrogens is 1. The van der Waals surface area contributed by atoms with Crippen LogP contribution in [0, 0.1) is 5.92 Å². The minimum absolute atomic E-state index is 0.120. The van der Waals surface area contributed by atoms with Gasteiger partial charge in [-0.2, -0.15) is 0 Å². The van der Waals surface area contributed by atoms with Crippen LogP contribution in [0.25, 0.3) is 0 Å². The normalized spacial score (nSPS) is 16.0. The highest BCUT2D eigenvalue weighted by Crippen LogP contribution is 2.26. The van der Waals surface area contributed by atoms with E-state index in [9.17, 15) is 9.59 Å². The van der Waals surface area contributed by atoms with E-state index in [4.69, 9.17) is 0 Å². The van der Waals surface area contributed by atoms with Gasteiger partial charge in [-0.25, -0.2) is 0 Å². The van der Waals surface area contributed by atoms with Gasteiger partial charge in [0.25, 0.3) is 5.91 Å². The third-order valence-corrected chi connectivity index (χ3v) is 3.66. The molecule has 0 saturated heterocycles. The molecular formula is C14H21N3O2. The van der Waals surface area contributed by atoms with E-state index in [0.717, 1.165) is 6.42 Å². The molecule has 1 fully saturated rings. The molecular weight excluding hydrogens is 242 g/mol. The van der Waals surface area contributed by atoms with Crippen molar-refractivity contribution in [3.05, 3.63) is 24.0 Å². The van der Waals surface area contributed by atoms with Crippen molar-refractivity contribution in [2.24, 2.45) is 5.92 Å². The monoisotopic (exact) mass is 263 g/mol. The Morgan fingerprint density at radius 3 is 2.68 bits per heavy atom. The zero-order chi connectivity index (χ0) is 13.5. The highest BCUT2D eigenvalue weighted by Gasteiger charge is 2.15. The number of hydrazine groups is 1. The Morgan fingerprint density at radius 1 is 1.21 bits per heavy atom. The molecule has 1 saturated carbocycles. The van der Waals surface area contributed by atoms with Crippen molar-refractivity contribution in [2.75, 3.05) is 0 Å². The van der Waals surface area contributed by atoms with Crippen LogP contribution in [-0.4, -0.2) is 16.8 Å². The van der Waals surface area contributed by atoms with Gasteiger partial charge in [0, 0.05) is 12.6 Å². The highest BCUT2D eigenvalue weighted by molar-refractivity contribution is 5.93. The number of hydrogen-bond acceptors (Lipinski definition) is 2. The van der Waals surface area contributed by atoms with Crippen molar-refractivity contribution >= 4 is 11.8 Å².